The van der Waals surface area contributed by atoms with E-state index in [4.69, 9.17) is 32.9 Å². The van der Waals surface area contributed by atoms with E-state index in [1.165, 1.54) is 0 Å². The number of carboxylic acid groups (broad SMARTS) is 1. The Kier molecular flexibility index (Phi) is 8.54. The first-order valence-corrected chi connectivity index (χ1v) is 13.6. The third-order valence-electron chi connectivity index (χ3n) is 6.34. The van der Waals surface area contributed by atoms with E-state index >= 15 is 0 Å². The van der Waals surface area contributed by atoms with Gasteiger partial charge in [0.1, 0.15) is 22.1 Å². The maximum Gasteiger partial charge on any atom is 0.348 e. The van der Waals surface area contributed by atoms with Crippen molar-refractivity contribution < 1.29 is 19.4 Å². The Balaban J connectivity index is 1.59. The minimum atomic E-state index is -1.09. The van der Waals surface area contributed by atoms with Crippen LogP contribution in [0.15, 0.2) is 6.07 Å². The van der Waals surface area contributed by atoms with Crippen LogP contribution < -0.4 is 20.0 Å². The minimum Gasteiger partial charge on any atom is -0.477 e. The molecule has 12 nitrogen and oxygen atoms in total. The molecule has 1 saturated heterocycles. The van der Waals surface area contributed by atoms with Crippen molar-refractivity contribution in [3.8, 4) is 11.4 Å². The fourth-order valence-corrected chi connectivity index (χ4v) is 5.56. The van der Waals surface area contributed by atoms with Gasteiger partial charge in [0, 0.05) is 60.2 Å². The summed E-state index contributed by atoms with van der Waals surface area (Å²) in [4.78, 5) is 47.4. The summed E-state index contributed by atoms with van der Waals surface area (Å²) >= 11 is 13.4. The monoisotopic (exact) mass is 596 g/mol. The number of carbonyl (C=O) groups excluding carboxylic acids is 1. The van der Waals surface area contributed by atoms with E-state index in [0.717, 1.165) is 11.3 Å². The molecular weight excluding hydrogens is 567 g/mol. The summed E-state index contributed by atoms with van der Waals surface area (Å²) in [6.07, 6.45) is 0.156. The Morgan fingerprint density at radius 2 is 1.90 bits per heavy atom. The van der Waals surface area contributed by atoms with E-state index in [1.54, 1.807) is 25.0 Å². The number of halogens is 2. The van der Waals surface area contributed by atoms with Gasteiger partial charge in [0.25, 0.3) is 5.91 Å². The highest BCUT2D eigenvalue weighted by Gasteiger charge is 2.34. The molecule has 4 heterocycles. The molecule has 0 aliphatic carbocycles. The van der Waals surface area contributed by atoms with Crippen molar-refractivity contribution in [1.82, 2.24) is 25.3 Å². The lowest BCUT2D eigenvalue weighted by Crippen LogP contribution is -2.55. The van der Waals surface area contributed by atoms with Gasteiger partial charge >= 0.3 is 5.97 Å². The molecule has 0 spiro atoms. The molecule has 0 aromatic carbocycles. The van der Waals surface area contributed by atoms with Crippen molar-refractivity contribution >= 4 is 63.3 Å². The third-order valence-corrected chi connectivity index (χ3v) is 8.39. The van der Waals surface area contributed by atoms with Crippen LogP contribution in [0.3, 0.4) is 0 Å². The van der Waals surface area contributed by atoms with Crippen LogP contribution >= 0.6 is 34.5 Å². The molecule has 1 aliphatic rings. The molecule has 3 N–H and O–H groups in total. The number of thiazole rings is 1. The Bertz CT molecular complexity index is 1370. The summed E-state index contributed by atoms with van der Waals surface area (Å²) in [7, 11) is 8.90. The highest BCUT2D eigenvalue weighted by molar-refractivity contribution is 7.17. The van der Waals surface area contributed by atoms with Gasteiger partial charge in [-0.2, -0.15) is 4.98 Å². The fraction of sp³-hybridized carbons (Fsp3) is 0.458. The number of amides is 1. The number of aromatic carboxylic acids is 1. The molecule has 1 amide bonds. The second kappa shape index (κ2) is 11.5. The van der Waals surface area contributed by atoms with Crippen LogP contribution in [-0.2, 0) is 4.74 Å². The number of aromatic nitrogens is 4. The lowest BCUT2D eigenvalue weighted by molar-refractivity contribution is 0.0540. The number of nitrogens with one attached hydrogen (secondary N) is 2. The van der Waals surface area contributed by atoms with Gasteiger partial charge in [-0.05, 0) is 13.3 Å². The van der Waals surface area contributed by atoms with Crippen LogP contribution in [0.1, 0.15) is 32.3 Å². The number of hydrogen-bond acceptors (Lipinski definition) is 10. The Morgan fingerprint density at radius 1 is 1.18 bits per heavy atom. The van der Waals surface area contributed by atoms with Gasteiger partial charge in [0.05, 0.1) is 27.9 Å². The average Bonchev–Trinajstić information content (AvgIpc) is 3.46. The van der Waals surface area contributed by atoms with Crippen LogP contribution in [0.5, 0.6) is 0 Å². The normalized spacial score (nSPS) is 17.3. The number of hydrogen-bond donors (Lipinski definition) is 3. The largest absolute Gasteiger partial charge is 0.477 e. The molecule has 3 aromatic rings. The highest BCUT2D eigenvalue weighted by atomic mass is 35.5. The topological polar surface area (TPSA) is 140 Å². The molecule has 2 atom stereocenters. The zero-order valence-electron chi connectivity index (χ0n) is 22.4. The molecule has 15 heteroatoms. The van der Waals surface area contributed by atoms with E-state index in [1.807, 2.05) is 38.0 Å². The first-order chi connectivity index (χ1) is 18.4. The quantitative estimate of drug-likeness (QED) is 0.354. The Labute approximate surface area is 239 Å². The number of carbonyl (C=O) groups is 2. The van der Waals surface area contributed by atoms with Gasteiger partial charge in [-0.1, -0.05) is 34.5 Å². The van der Waals surface area contributed by atoms with Crippen LogP contribution in [0.4, 0.5) is 16.9 Å². The summed E-state index contributed by atoms with van der Waals surface area (Å²) in [6.45, 7) is 2.64. The summed E-state index contributed by atoms with van der Waals surface area (Å²) in [5.41, 5.74) is 1.50. The van der Waals surface area contributed by atoms with E-state index in [-0.39, 0.29) is 39.3 Å². The van der Waals surface area contributed by atoms with Crippen molar-refractivity contribution in [1.29, 1.82) is 0 Å². The summed E-state index contributed by atoms with van der Waals surface area (Å²) in [5.74, 6) is -0.397. The molecule has 1 aliphatic heterocycles. The predicted molar refractivity (Wildman–Crippen MR) is 153 cm³/mol. The molecule has 0 unspecified atom stereocenters. The second-order valence-electron chi connectivity index (χ2n) is 9.52. The molecular formula is C24H30Cl2N8O4S. The van der Waals surface area contributed by atoms with Gasteiger partial charge in [0.15, 0.2) is 5.13 Å². The molecule has 3 aromatic heterocycles. The van der Waals surface area contributed by atoms with Gasteiger partial charge < -0.3 is 34.8 Å². The number of carboxylic acids is 1. The lowest BCUT2D eigenvalue weighted by Gasteiger charge is -2.37. The van der Waals surface area contributed by atoms with Crippen LogP contribution in [-0.4, -0.2) is 97.5 Å². The number of piperidine rings is 1. The zero-order chi connectivity index (χ0) is 28.6. The smallest absolute Gasteiger partial charge is 0.348 e. The molecule has 0 radical (unpaired) electrons. The molecule has 1 fully saturated rings. The SMILES string of the molecule is CO[C@H]1CN(c2nc(-c3cc(N(C)C)nc(N(C)C)n3)c(C(=O)O)s2)CC[C@H]1NC(=O)c1[nH]c(C)c(Cl)c1Cl. The Morgan fingerprint density at radius 3 is 2.46 bits per heavy atom. The van der Waals surface area contributed by atoms with Crippen molar-refractivity contribution in [2.24, 2.45) is 0 Å². The molecule has 4 rings (SSSR count). The number of H-pyrrole nitrogens is 1. The van der Waals surface area contributed by atoms with E-state index in [9.17, 15) is 14.7 Å². The van der Waals surface area contributed by atoms with Crippen molar-refractivity contribution in [3.05, 3.63) is 32.4 Å². The number of ether oxygens (including phenoxy) is 1. The van der Waals surface area contributed by atoms with E-state index in [2.05, 4.69) is 20.3 Å². The maximum absolute atomic E-state index is 12.9. The minimum absolute atomic E-state index is 0.0798. The van der Waals surface area contributed by atoms with Gasteiger partial charge in [-0.3, -0.25) is 4.79 Å². The van der Waals surface area contributed by atoms with Gasteiger partial charge in [0.2, 0.25) is 5.95 Å². The van der Waals surface area contributed by atoms with Crippen molar-refractivity contribution in [2.75, 3.05) is 63.1 Å². The van der Waals surface area contributed by atoms with Gasteiger partial charge in [-0.15, -0.1) is 0 Å². The summed E-state index contributed by atoms with van der Waals surface area (Å²) in [6, 6.07) is 1.42. The second-order valence-corrected chi connectivity index (χ2v) is 11.3. The number of methoxy groups -OCH3 is 1. The van der Waals surface area contributed by atoms with E-state index in [0.29, 0.717) is 52.8 Å². The average molecular weight is 598 g/mol. The van der Waals surface area contributed by atoms with Crippen LogP contribution in [0.2, 0.25) is 10.0 Å². The van der Waals surface area contributed by atoms with Crippen LogP contribution in [0, 0.1) is 6.92 Å². The molecule has 39 heavy (non-hydrogen) atoms. The molecule has 0 saturated carbocycles. The third kappa shape index (κ3) is 5.91. The summed E-state index contributed by atoms with van der Waals surface area (Å²) in [5, 5.41) is 14.0. The van der Waals surface area contributed by atoms with Crippen LogP contribution in [0.25, 0.3) is 11.4 Å². The number of aromatic amines is 1. The fourth-order valence-electron chi connectivity index (χ4n) is 4.20. The lowest BCUT2D eigenvalue weighted by atomic mass is 10.0. The van der Waals surface area contributed by atoms with Crippen molar-refractivity contribution in [3.63, 3.8) is 0 Å². The molecule has 0 bridgehead atoms. The van der Waals surface area contributed by atoms with E-state index < -0.39 is 5.97 Å². The van der Waals surface area contributed by atoms with Crippen molar-refractivity contribution in [2.45, 2.75) is 25.5 Å². The molecule has 210 valence electrons. The number of nitrogens with zero attached hydrogens (tertiary/aromatic N) is 6. The Hall–Kier alpha value is -3.13. The number of aryl methyl sites for hydroxylation is 1. The highest BCUT2D eigenvalue weighted by Crippen LogP contribution is 2.36. The number of anilines is 3. The maximum atomic E-state index is 12.9. The first kappa shape index (κ1) is 28.9. The standard InChI is InChI=1S/C24H30Cl2N8O4S/c1-11-16(25)17(26)19(27-11)21(35)28-12-7-8-34(10-14(12)38-6)24-31-18(20(39-24)22(36)37)13-9-15(32(2)3)30-23(29-13)33(4)5/h9,12,14,27H,7-8,10H2,1-6H3,(H,28,35)(H,36,37)/t12-,14+/m1/s1. The van der Waals surface area contributed by atoms with Gasteiger partial charge in [-0.25, -0.2) is 14.8 Å². The summed E-state index contributed by atoms with van der Waals surface area (Å²) < 4.78 is 5.71. The first-order valence-electron chi connectivity index (χ1n) is 12.0. The zero-order valence-corrected chi connectivity index (χ0v) is 24.7. The predicted octanol–water partition coefficient (Wildman–Crippen LogP) is 3.40. The number of rotatable bonds is 8.